The monoisotopic (exact) mass is 272 g/mol. The molecule has 2 rings (SSSR count). The highest BCUT2D eigenvalue weighted by Crippen LogP contribution is 2.18. The maximum atomic E-state index is 12.0. The molecule has 4 heteroatoms. The van der Waals surface area contributed by atoms with Gasteiger partial charge in [-0.1, -0.05) is 25.0 Å². The average Bonchev–Trinajstić information content (AvgIpc) is 2.94. The highest BCUT2D eigenvalue weighted by atomic mass is 16.5. The van der Waals surface area contributed by atoms with Crippen LogP contribution in [0.2, 0.25) is 0 Å². The lowest BCUT2D eigenvalue weighted by atomic mass is 10.1. The lowest BCUT2D eigenvalue weighted by Crippen LogP contribution is -2.41. The Morgan fingerprint density at radius 3 is 2.65 bits per heavy atom. The van der Waals surface area contributed by atoms with Crippen molar-refractivity contribution in [1.29, 1.82) is 5.26 Å². The minimum Gasteiger partial charge on any atom is -0.481 e. The van der Waals surface area contributed by atoms with Crippen molar-refractivity contribution in [2.24, 2.45) is 0 Å². The van der Waals surface area contributed by atoms with Gasteiger partial charge in [0.1, 0.15) is 5.75 Å². The Kier molecular flexibility index (Phi) is 5.00. The summed E-state index contributed by atoms with van der Waals surface area (Å²) in [5.41, 5.74) is 0.947. The molecule has 1 aromatic carbocycles. The van der Waals surface area contributed by atoms with Crippen molar-refractivity contribution in [3.63, 3.8) is 0 Å². The zero-order chi connectivity index (χ0) is 14.4. The van der Waals surface area contributed by atoms with E-state index in [2.05, 4.69) is 11.4 Å². The molecule has 0 bridgehead atoms. The number of hydrogen-bond acceptors (Lipinski definition) is 3. The molecule has 1 N–H and O–H groups in total. The third kappa shape index (κ3) is 3.99. The molecule has 0 radical (unpaired) electrons. The molecule has 1 atom stereocenters. The summed E-state index contributed by atoms with van der Waals surface area (Å²) < 4.78 is 5.62. The third-order valence-electron chi connectivity index (χ3n) is 3.59. The molecule has 0 aromatic heterocycles. The van der Waals surface area contributed by atoms with E-state index in [9.17, 15) is 4.79 Å². The maximum Gasteiger partial charge on any atom is 0.260 e. The van der Waals surface area contributed by atoms with Crippen LogP contribution in [0.4, 0.5) is 0 Å². The second-order valence-electron chi connectivity index (χ2n) is 5.23. The van der Waals surface area contributed by atoms with E-state index in [-0.39, 0.29) is 5.91 Å². The third-order valence-corrected chi connectivity index (χ3v) is 3.59. The Hall–Kier alpha value is -2.02. The van der Waals surface area contributed by atoms with Gasteiger partial charge in [-0.25, -0.2) is 0 Å². The predicted molar refractivity (Wildman–Crippen MR) is 76.2 cm³/mol. The average molecular weight is 272 g/mol. The van der Waals surface area contributed by atoms with E-state index >= 15 is 0 Å². The van der Waals surface area contributed by atoms with Crippen molar-refractivity contribution >= 4 is 5.91 Å². The number of nitrogens with one attached hydrogen (secondary N) is 1. The normalized spacial score (nSPS) is 16.4. The van der Waals surface area contributed by atoms with Gasteiger partial charge < -0.3 is 10.1 Å². The Morgan fingerprint density at radius 1 is 1.40 bits per heavy atom. The number of benzene rings is 1. The van der Waals surface area contributed by atoms with Crippen LogP contribution in [-0.4, -0.2) is 18.1 Å². The first-order valence-electron chi connectivity index (χ1n) is 7.12. The van der Waals surface area contributed by atoms with Crippen LogP contribution >= 0.6 is 0 Å². The van der Waals surface area contributed by atoms with E-state index in [4.69, 9.17) is 10.00 Å². The first-order chi connectivity index (χ1) is 9.69. The number of nitrogens with zero attached hydrogens (tertiary/aromatic N) is 1. The molecule has 0 heterocycles. The molecule has 1 unspecified atom stereocenters. The Bertz CT molecular complexity index is 484. The van der Waals surface area contributed by atoms with Crippen LogP contribution in [0, 0.1) is 11.3 Å². The van der Waals surface area contributed by atoms with E-state index in [1.807, 2.05) is 12.1 Å². The van der Waals surface area contributed by atoms with Gasteiger partial charge in [0.15, 0.2) is 6.10 Å². The second-order valence-corrected chi connectivity index (χ2v) is 5.23. The molecule has 4 nitrogen and oxygen atoms in total. The lowest BCUT2D eigenvalue weighted by Gasteiger charge is -2.18. The van der Waals surface area contributed by atoms with Crippen LogP contribution in [-0.2, 0) is 11.2 Å². The molecule has 1 saturated carbocycles. The van der Waals surface area contributed by atoms with Crippen LogP contribution in [0.1, 0.15) is 38.2 Å². The molecule has 1 aliphatic carbocycles. The van der Waals surface area contributed by atoms with Crippen molar-refractivity contribution in [1.82, 2.24) is 5.32 Å². The molecule has 0 spiro atoms. The number of ether oxygens (including phenoxy) is 1. The van der Waals surface area contributed by atoms with E-state index in [1.54, 1.807) is 19.1 Å². The van der Waals surface area contributed by atoms with Gasteiger partial charge in [-0.2, -0.15) is 5.26 Å². The maximum absolute atomic E-state index is 12.0. The number of rotatable bonds is 5. The molecular formula is C16H20N2O2. The van der Waals surface area contributed by atoms with E-state index in [0.717, 1.165) is 18.4 Å². The summed E-state index contributed by atoms with van der Waals surface area (Å²) in [6, 6.07) is 9.70. The number of amides is 1. The highest BCUT2D eigenvalue weighted by Gasteiger charge is 2.21. The van der Waals surface area contributed by atoms with Gasteiger partial charge in [-0.15, -0.1) is 0 Å². The summed E-state index contributed by atoms with van der Waals surface area (Å²) in [6.45, 7) is 1.76. The fraction of sp³-hybridized carbons (Fsp3) is 0.500. The second kappa shape index (κ2) is 6.95. The van der Waals surface area contributed by atoms with E-state index in [0.29, 0.717) is 18.2 Å². The minimum atomic E-state index is -0.502. The first-order valence-corrected chi connectivity index (χ1v) is 7.12. The topological polar surface area (TPSA) is 62.1 Å². The van der Waals surface area contributed by atoms with Crippen LogP contribution in [0.3, 0.4) is 0 Å². The quantitative estimate of drug-likeness (QED) is 0.896. The number of hydrogen-bond donors (Lipinski definition) is 1. The summed E-state index contributed by atoms with van der Waals surface area (Å²) >= 11 is 0. The number of carbonyl (C=O) groups excluding carboxylic acids is 1. The smallest absolute Gasteiger partial charge is 0.260 e. The van der Waals surface area contributed by atoms with E-state index in [1.165, 1.54) is 12.8 Å². The van der Waals surface area contributed by atoms with Crippen LogP contribution in [0.5, 0.6) is 5.75 Å². The van der Waals surface area contributed by atoms with Crippen molar-refractivity contribution in [2.75, 3.05) is 0 Å². The van der Waals surface area contributed by atoms with Crippen molar-refractivity contribution in [3.8, 4) is 11.8 Å². The lowest BCUT2D eigenvalue weighted by molar-refractivity contribution is -0.127. The Morgan fingerprint density at radius 2 is 2.05 bits per heavy atom. The zero-order valence-electron chi connectivity index (χ0n) is 11.8. The van der Waals surface area contributed by atoms with E-state index < -0.39 is 6.10 Å². The van der Waals surface area contributed by atoms with Gasteiger partial charge in [0, 0.05) is 6.04 Å². The SMILES string of the molecule is CC(Oc1ccc(CC#N)cc1)C(=O)NC1CCCC1. The van der Waals surface area contributed by atoms with Crippen LogP contribution in [0.15, 0.2) is 24.3 Å². The van der Waals surface area contributed by atoms with Crippen LogP contribution < -0.4 is 10.1 Å². The van der Waals surface area contributed by atoms with Crippen molar-refractivity contribution in [3.05, 3.63) is 29.8 Å². The van der Waals surface area contributed by atoms with Gasteiger partial charge in [0.2, 0.25) is 0 Å². The minimum absolute atomic E-state index is 0.0574. The predicted octanol–water partition coefficient (Wildman–Crippen LogP) is 2.58. The molecule has 20 heavy (non-hydrogen) atoms. The van der Waals surface area contributed by atoms with Crippen LogP contribution in [0.25, 0.3) is 0 Å². The molecule has 1 aromatic rings. The van der Waals surface area contributed by atoms with Crippen molar-refractivity contribution < 1.29 is 9.53 Å². The van der Waals surface area contributed by atoms with Gasteiger partial charge in [0.25, 0.3) is 5.91 Å². The molecule has 106 valence electrons. The molecule has 1 fully saturated rings. The van der Waals surface area contributed by atoms with Crippen molar-refractivity contribution in [2.45, 2.75) is 51.2 Å². The highest BCUT2D eigenvalue weighted by molar-refractivity contribution is 5.81. The Balaban J connectivity index is 1.85. The summed E-state index contributed by atoms with van der Waals surface area (Å²) in [5, 5.41) is 11.6. The largest absolute Gasteiger partial charge is 0.481 e. The summed E-state index contributed by atoms with van der Waals surface area (Å²) in [4.78, 5) is 12.0. The zero-order valence-corrected chi connectivity index (χ0v) is 11.8. The summed E-state index contributed by atoms with van der Waals surface area (Å²) in [5.74, 6) is 0.596. The molecule has 1 amide bonds. The molecule has 1 aliphatic rings. The standard InChI is InChI=1S/C16H20N2O2/c1-12(16(19)18-14-4-2-3-5-14)20-15-8-6-13(7-9-15)10-11-17/h6-9,12,14H,2-5,10H2,1H3,(H,18,19). The fourth-order valence-electron chi connectivity index (χ4n) is 2.42. The molecule has 0 aliphatic heterocycles. The summed E-state index contributed by atoms with van der Waals surface area (Å²) in [6.07, 6.45) is 4.42. The fourth-order valence-corrected chi connectivity index (χ4v) is 2.42. The van der Waals surface area contributed by atoms with Gasteiger partial charge >= 0.3 is 0 Å². The number of carbonyl (C=O) groups is 1. The first kappa shape index (κ1) is 14.4. The molecule has 0 saturated heterocycles. The molecular weight excluding hydrogens is 252 g/mol. The van der Waals surface area contributed by atoms with Gasteiger partial charge in [-0.3, -0.25) is 4.79 Å². The van der Waals surface area contributed by atoms with Gasteiger partial charge in [0.05, 0.1) is 12.5 Å². The Labute approximate surface area is 119 Å². The number of nitriles is 1. The van der Waals surface area contributed by atoms with Gasteiger partial charge in [-0.05, 0) is 37.5 Å². The summed E-state index contributed by atoms with van der Waals surface area (Å²) in [7, 11) is 0.